The molecule has 1 aliphatic heterocycles. The number of nitrogens with zero attached hydrogens (tertiary/aromatic N) is 2. The smallest absolute Gasteiger partial charge is 0.353 e. The van der Waals surface area contributed by atoms with Crippen molar-refractivity contribution >= 4 is 0 Å². The maximum atomic E-state index is 11.6. The molecular weight excluding hydrogens is 246 g/mol. The van der Waals surface area contributed by atoms with Crippen LogP contribution in [0.25, 0.3) is 0 Å². The highest BCUT2D eigenvalue weighted by Crippen LogP contribution is 2.28. The Bertz CT molecular complexity index is 478. The molecule has 0 amide bonds. The lowest BCUT2D eigenvalue weighted by Crippen LogP contribution is -2.36. The van der Waals surface area contributed by atoms with E-state index in [1.807, 2.05) is 0 Å². The zero-order chi connectivity index (χ0) is 13.3. The molecule has 0 radical (unpaired) electrons. The summed E-state index contributed by atoms with van der Waals surface area (Å²) in [4.78, 5) is 19.4. The molecule has 1 aromatic heterocycles. The highest BCUT2D eigenvalue weighted by atomic mass is 16.6. The first-order valence-corrected chi connectivity index (χ1v) is 5.17. The third-order valence-corrected chi connectivity index (χ3v) is 2.72. The van der Waals surface area contributed by atoms with Crippen molar-refractivity contribution in [2.45, 2.75) is 24.5 Å². The van der Waals surface area contributed by atoms with Crippen LogP contribution in [-0.4, -0.2) is 49.8 Å². The number of rotatable bonds is 3. The van der Waals surface area contributed by atoms with E-state index in [4.69, 9.17) is 15.7 Å². The average molecular weight is 259 g/mol. The molecular formula is C9H13N3O6. The SMILES string of the molecule is NOc1ccn([C@@H]2O[C@H](CO)C(O)[C@@H]2O)c(=O)n1. The summed E-state index contributed by atoms with van der Waals surface area (Å²) in [5.41, 5.74) is -0.757. The van der Waals surface area contributed by atoms with E-state index in [9.17, 15) is 15.0 Å². The highest BCUT2D eigenvalue weighted by Gasteiger charge is 2.43. The summed E-state index contributed by atoms with van der Waals surface area (Å²) in [7, 11) is 0. The third kappa shape index (κ3) is 2.09. The summed E-state index contributed by atoms with van der Waals surface area (Å²) < 4.78 is 6.15. The molecule has 9 heteroatoms. The second kappa shape index (κ2) is 5.00. The largest absolute Gasteiger partial charge is 0.394 e. The summed E-state index contributed by atoms with van der Waals surface area (Å²) in [6.45, 7) is -0.471. The number of hydrogen-bond donors (Lipinski definition) is 4. The molecule has 4 atom stereocenters. The lowest BCUT2D eigenvalue weighted by Gasteiger charge is -2.16. The summed E-state index contributed by atoms with van der Waals surface area (Å²) >= 11 is 0. The van der Waals surface area contributed by atoms with Gasteiger partial charge in [0.15, 0.2) is 6.23 Å². The molecule has 0 saturated carbocycles. The van der Waals surface area contributed by atoms with Crippen molar-refractivity contribution in [1.82, 2.24) is 9.55 Å². The van der Waals surface area contributed by atoms with Gasteiger partial charge in [0.25, 0.3) is 0 Å². The predicted molar refractivity (Wildman–Crippen MR) is 56.3 cm³/mol. The summed E-state index contributed by atoms with van der Waals surface area (Å²) in [6, 6.07) is 1.30. The van der Waals surface area contributed by atoms with E-state index in [0.29, 0.717) is 0 Å². The van der Waals surface area contributed by atoms with Gasteiger partial charge in [-0.1, -0.05) is 0 Å². The first kappa shape index (κ1) is 12.9. The summed E-state index contributed by atoms with van der Waals surface area (Å²) in [6.07, 6.45) is -3.44. The van der Waals surface area contributed by atoms with Crippen molar-refractivity contribution in [1.29, 1.82) is 0 Å². The van der Waals surface area contributed by atoms with Crippen LogP contribution in [0.3, 0.4) is 0 Å². The van der Waals surface area contributed by atoms with E-state index < -0.39 is 36.8 Å². The quantitative estimate of drug-likeness (QED) is 0.424. The Balaban J connectivity index is 2.30. The number of ether oxygens (including phenoxy) is 1. The number of aliphatic hydroxyl groups is 3. The molecule has 9 nitrogen and oxygen atoms in total. The van der Waals surface area contributed by atoms with Crippen LogP contribution < -0.4 is 16.4 Å². The maximum Gasteiger partial charge on any atom is 0.353 e. The zero-order valence-corrected chi connectivity index (χ0v) is 9.21. The topological polar surface area (TPSA) is 140 Å². The van der Waals surface area contributed by atoms with Gasteiger partial charge < -0.3 is 24.9 Å². The van der Waals surface area contributed by atoms with E-state index in [-0.39, 0.29) is 5.88 Å². The van der Waals surface area contributed by atoms with Gasteiger partial charge in [-0.2, -0.15) is 10.9 Å². The minimum Gasteiger partial charge on any atom is -0.394 e. The van der Waals surface area contributed by atoms with Crippen LogP contribution in [0.5, 0.6) is 5.88 Å². The normalized spacial score (nSPS) is 31.6. The van der Waals surface area contributed by atoms with Crippen molar-refractivity contribution in [2.24, 2.45) is 5.90 Å². The molecule has 18 heavy (non-hydrogen) atoms. The molecule has 1 aliphatic rings. The van der Waals surface area contributed by atoms with Gasteiger partial charge in [0.1, 0.15) is 18.3 Å². The van der Waals surface area contributed by atoms with Gasteiger partial charge in [-0.05, 0) is 0 Å². The van der Waals surface area contributed by atoms with E-state index >= 15 is 0 Å². The molecule has 0 aliphatic carbocycles. The van der Waals surface area contributed by atoms with Crippen LogP contribution >= 0.6 is 0 Å². The summed E-state index contributed by atoms with van der Waals surface area (Å²) in [5, 5.41) is 28.2. The predicted octanol–water partition coefficient (Wildman–Crippen LogP) is -2.89. The summed E-state index contributed by atoms with van der Waals surface area (Å²) in [5.74, 6) is 4.77. The molecule has 1 saturated heterocycles. The van der Waals surface area contributed by atoms with Gasteiger partial charge in [-0.25, -0.2) is 4.79 Å². The van der Waals surface area contributed by atoms with Crippen LogP contribution in [0.2, 0.25) is 0 Å². The maximum absolute atomic E-state index is 11.6. The van der Waals surface area contributed by atoms with E-state index in [2.05, 4.69) is 9.82 Å². The molecule has 0 spiro atoms. The van der Waals surface area contributed by atoms with Gasteiger partial charge in [0.05, 0.1) is 6.61 Å². The standard InChI is InChI=1S/C9H13N3O6/c10-18-5-1-2-12(9(16)11-5)8-7(15)6(14)4(3-13)17-8/h1-2,4,6-8,13-15H,3,10H2/t4-,6?,7+,8-/m1/s1. The molecule has 1 fully saturated rings. The Morgan fingerprint density at radius 3 is 2.72 bits per heavy atom. The van der Waals surface area contributed by atoms with E-state index in [1.165, 1.54) is 12.3 Å². The Morgan fingerprint density at radius 1 is 1.50 bits per heavy atom. The second-order valence-corrected chi connectivity index (χ2v) is 3.80. The van der Waals surface area contributed by atoms with Crippen molar-refractivity contribution < 1.29 is 24.9 Å². The van der Waals surface area contributed by atoms with Crippen LogP contribution in [0.15, 0.2) is 17.1 Å². The van der Waals surface area contributed by atoms with Crippen molar-refractivity contribution in [2.75, 3.05) is 6.61 Å². The molecule has 1 aromatic rings. The number of nitrogens with two attached hydrogens (primary N) is 1. The molecule has 100 valence electrons. The first-order chi connectivity index (χ1) is 8.58. The van der Waals surface area contributed by atoms with Gasteiger partial charge in [0.2, 0.25) is 5.88 Å². The van der Waals surface area contributed by atoms with Gasteiger partial charge in [-0.3, -0.25) is 4.57 Å². The zero-order valence-electron chi connectivity index (χ0n) is 9.21. The fourth-order valence-corrected chi connectivity index (χ4v) is 1.77. The van der Waals surface area contributed by atoms with Crippen LogP contribution in [-0.2, 0) is 4.74 Å². The van der Waals surface area contributed by atoms with Crippen LogP contribution in [0, 0.1) is 0 Å². The van der Waals surface area contributed by atoms with E-state index in [1.54, 1.807) is 0 Å². The Morgan fingerprint density at radius 2 is 2.22 bits per heavy atom. The number of hydrogen-bond acceptors (Lipinski definition) is 8. The highest BCUT2D eigenvalue weighted by molar-refractivity contribution is 5.06. The lowest BCUT2D eigenvalue weighted by molar-refractivity contribution is -0.0551. The molecule has 1 unspecified atom stereocenters. The molecule has 5 N–H and O–H groups in total. The second-order valence-electron chi connectivity index (χ2n) is 3.80. The number of aromatic nitrogens is 2. The minimum atomic E-state index is -1.34. The fraction of sp³-hybridized carbons (Fsp3) is 0.556. The van der Waals surface area contributed by atoms with Crippen molar-refractivity contribution in [3.8, 4) is 5.88 Å². The number of aliphatic hydroxyl groups excluding tert-OH is 3. The van der Waals surface area contributed by atoms with Gasteiger partial charge in [-0.15, -0.1) is 0 Å². The monoisotopic (exact) mass is 259 g/mol. The van der Waals surface area contributed by atoms with Crippen LogP contribution in [0.4, 0.5) is 0 Å². The van der Waals surface area contributed by atoms with Crippen molar-refractivity contribution in [3.05, 3.63) is 22.7 Å². The molecule has 0 bridgehead atoms. The van der Waals surface area contributed by atoms with E-state index in [0.717, 1.165) is 4.57 Å². The first-order valence-electron chi connectivity index (χ1n) is 5.17. The van der Waals surface area contributed by atoms with Gasteiger partial charge in [0, 0.05) is 12.3 Å². The fourth-order valence-electron chi connectivity index (χ4n) is 1.77. The molecule has 0 aromatic carbocycles. The Labute approximate surface area is 101 Å². The Hall–Kier alpha value is -1.52. The third-order valence-electron chi connectivity index (χ3n) is 2.72. The molecule has 2 heterocycles. The van der Waals surface area contributed by atoms with Gasteiger partial charge >= 0.3 is 5.69 Å². The van der Waals surface area contributed by atoms with Crippen LogP contribution in [0.1, 0.15) is 6.23 Å². The average Bonchev–Trinajstić information content (AvgIpc) is 2.66. The lowest BCUT2D eigenvalue weighted by atomic mass is 10.1. The van der Waals surface area contributed by atoms with Crippen molar-refractivity contribution in [3.63, 3.8) is 0 Å². The Kier molecular flexibility index (Phi) is 3.59. The minimum absolute atomic E-state index is 0.0806. The molecule has 2 rings (SSSR count).